The van der Waals surface area contributed by atoms with Crippen LogP contribution in [0.15, 0.2) is 18.3 Å². The zero-order chi connectivity index (χ0) is 11.8. The van der Waals surface area contributed by atoms with Gasteiger partial charge in [-0.25, -0.2) is 4.98 Å². The molecule has 1 aromatic rings. The van der Waals surface area contributed by atoms with Crippen LogP contribution in [0, 0.1) is 12.8 Å². The average Bonchev–Trinajstić information content (AvgIpc) is 2.23. The summed E-state index contributed by atoms with van der Waals surface area (Å²) in [5.74, 6) is 1.64. The third kappa shape index (κ3) is 5.71. The first kappa shape index (κ1) is 13.0. The number of nitrogens with zero attached hydrogens (tertiary/aromatic N) is 1. The van der Waals surface area contributed by atoms with E-state index in [2.05, 4.69) is 31.1 Å². The van der Waals surface area contributed by atoms with E-state index < -0.39 is 0 Å². The fourth-order valence-corrected chi connectivity index (χ4v) is 1.31. The fraction of sp³-hybridized carbons (Fsp3) is 0.615. The lowest BCUT2D eigenvalue weighted by molar-refractivity contribution is 0.132. The van der Waals surface area contributed by atoms with Crippen LogP contribution in [0.2, 0.25) is 0 Å². The molecule has 0 saturated carbocycles. The Morgan fingerprint density at radius 3 is 2.88 bits per heavy atom. The maximum Gasteiger partial charge on any atom is 0.126 e. The number of hydrogen-bond donors (Lipinski definition) is 1. The summed E-state index contributed by atoms with van der Waals surface area (Å²) >= 11 is 0. The first-order chi connectivity index (χ1) is 7.68. The van der Waals surface area contributed by atoms with Crippen molar-refractivity contribution in [2.45, 2.75) is 27.2 Å². The van der Waals surface area contributed by atoms with E-state index >= 15 is 0 Å². The van der Waals surface area contributed by atoms with Crippen molar-refractivity contribution in [3.8, 4) is 0 Å². The maximum atomic E-state index is 5.51. The van der Waals surface area contributed by atoms with E-state index in [1.165, 1.54) is 5.56 Å². The average molecular weight is 222 g/mol. The summed E-state index contributed by atoms with van der Waals surface area (Å²) < 4.78 is 5.51. The molecule has 1 rings (SSSR count). The van der Waals surface area contributed by atoms with Crippen LogP contribution in [0.25, 0.3) is 0 Å². The van der Waals surface area contributed by atoms with Gasteiger partial charge >= 0.3 is 0 Å². The largest absolute Gasteiger partial charge is 0.380 e. The number of anilines is 1. The van der Waals surface area contributed by atoms with Crippen LogP contribution < -0.4 is 5.32 Å². The summed E-state index contributed by atoms with van der Waals surface area (Å²) in [6.07, 6.45) is 2.94. The van der Waals surface area contributed by atoms with Crippen molar-refractivity contribution < 1.29 is 4.74 Å². The van der Waals surface area contributed by atoms with Crippen molar-refractivity contribution in [3.63, 3.8) is 0 Å². The molecule has 0 bridgehead atoms. The molecule has 0 aromatic carbocycles. The van der Waals surface area contributed by atoms with E-state index in [-0.39, 0.29) is 0 Å². The Hall–Kier alpha value is -1.09. The molecule has 90 valence electrons. The second-order valence-corrected chi connectivity index (χ2v) is 4.44. The quantitative estimate of drug-likeness (QED) is 0.720. The SMILES string of the molecule is Cc1ccnc(NCCOCCC(C)C)c1. The van der Waals surface area contributed by atoms with Gasteiger partial charge in [-0.2, -0.15) is 0 Å². The summed E-state index contributed by atoms with van der Waals surface area (Å²) in [5, 5.41) is 3.24. The molecule has 1 heterocycles. The van der Waals surface area contributed by atoms with Gasteiger partial charge in [-0.15, -0.1) is 0 Å². The molecule has 0 atom stereocenters. The van der Waals surface area contributed by atoms with E-state index in [9.17, 15) is 0 Å². The summed E-state index contributed by atoms with van der Waals surface area (Å²) in [4.78, 5) is 4.22. The van der Waals surface area contributed by atoms with E-state index in [0.717, 1.165) is 32.0 Å². The van der Waals surface area contributed by atoms with Gasteiger partial charge in [0.1, 0.15) is 5.82 Å². The summed E-state index contributed by atoms with van der Waals surface area (Å²) in [6.45, 7) is 8.88. The second-order valence-electron chi connectivity index (χ2n) is 4.44. The first-order valence-electron chi connectivity index (χ1n) is 5.93. The van der Waals surface area contributed by atoms with Gasteiger partial charge in [-0.05, 0) is 37.0 Å². The van der Waals surface area contributed by atoms with Gasteiger partial charge < -0.3 is 10.1 Å². The monoisotopic (exact) mass is 222 g/mol. The lowest BCUT2D eigenvalue weighted by Gasteiger charge is -2.08. The standard InChI is InChI=1S/C13H22N2O/c1-11(2)5-8-16-9-7-15-13-10-12(3)4-6-14-13/h4,6,10-11H,5,7-9H2,1-3H3,(H,14,15). The number of hydrogen-bond acceptors (Lipinski definition) is 3. The molecular weight excluding hydrogens is 200 g/mol. The lowest BCUT2D eigenvalue weighted by atomic mass is 10.1. The van der Waals surface area contributed by atoms with Crippen LogP contribution in [-0.2, 0) is 4.74 Å². The van der Waals surface area contributed by atoms with Crippen LogP contribution in [-0.4, -0.2) is 24.7 Å². The summed E-state index contributed by atoms with van der Waals surface area (Å²) in [5.41, 5.74) is 1.22. The normalized spacial score (nSPS) is 10.8. The molecule has 0 amide bonds. The zero-order valence-corrected chi connectivity index (χ0v) is 10.5. The van der Waals surface area contributed by atoms with Crippen LogP contribution in [0.3, 0.4) is 0 Å². The smallest absolute Gasteiger partial charge is 0.126 e. The zero-order valence-electron chi connectivity index (χ0n) is 10.5. The molecule has 3 nitrogen and oxygen atoms in total. The highest BCUT2D eigenvalue weighted by molar-refractivity contribution is 5.36. The van der Waals surface area contributed by atoms with Gasteiger partial charge in [0, 0.05) is 19.3 Å². The Kier molecular flexibility index (Phi) is 5.86. The summed E-state index contributed by atoms with van der Waals surface area (Å²) in [6, 6.07) is 4.03. The predicted octanol–water partition coefficient (Wildman–Crippen LogP) is 2.86. The number of ether oxygens (including phenoxy) is 1. The minimum atomic E-state index is 0.714. The van der Waals surface area contributed by atoms with E-state index in [1.54, 1.807) is 0 Å². The number of rotatable bonds is 7. The van der Waals surface area contributed by atoms with Crippen LogP contribution in [0.1, 0.15) is 25.8 Å². The van der Waals surface area contributed by atoms with Crippen molar-refractivity contribution in [1.29, 1.82) is 0 Å². The van der Waals surface area contributed by atoms with Crippen molar-refractivity contribution in [2.75, 3.05) is 25.1 Å². The molecule has 0 saturated heterocycles. The maximum absolute atomic E-state index is 5.51. The Morgan fingerprint density at radius 1 is 1.38 bits per heavy atom. The number of aromatic nitrogens is 1. The van der Waals surface area contributed by atoms with Crippen molar-refractivity contribution in [1.82, 2.24) is 4.98 Å². The van der Waals surface area contributed by atoms with E-state index in [0.29, 0.717) is 5.92 Å². The molecule has 0 aliphatic carbocycles. The topological polar surface area (TPSA) is 34.2 Å². The molecule has 3 heteroatoms. The highest BCUT2D eigenvalue weighted by Crippen LogP contribution is 2.04. The van der Waals surface area contributed by atoms with Gasteiger partial charge in [0.15, 0.2) is 0 Å². The van der Waals surface area contributed by atoms with Gasteiger partial charge in [0.2, 0.25) is 0 Å². The molecule has 0 radical (unpaired) electrons. The van der Waals surface area contributed by atoms with Gasteiger partial charge in [0.05, 0.1) is 6.61 Å². The molecule has 0 aliphatic rings. The van der Waals surface area contributed by atoms with Crippen LogP contribution in [0.5, 0.6) is 0 Å². The van der Waals surface area contributed by atoms with Crippen molar-refractivity contribution >= 4 is 5.82 Å². The van der Waals surface area contributed by atoms with Crippen molar-refractivity contribution in [2.24, 2.45) is 5.92 Å². The highest BCUT2D eigenvalue weighted by atomic mass is 16.5. The minimum Gasteiger partial charge on any atom is -0.380 e. The molecule has 1 aromatic heterocycles. The molecule has 1 N–H and O–H groups in total. The van der Waals surface area contributed by atoms with Crippen LogP contribution >= 0.6 is 0 Å². The van der Waals surface area contributed by atoms with Gasteiger partial charge in [-0.3, -0.25) is 0 Å². The third-order valence-corrected chi connectivity index (χ3v) is 2.31. The molecular formula is C13H22N2O. The number of nitrogens with one attached hydrogen (secondary N) is 1. The second kappa shape index (κ2) is 7.23. The molecule has 0 spiro atoms. The number of pyridine rings is 1. The lowest BCUT2D eigenvalue weighted by Crippen LogP contribution is -2.11. The first-order valence-corrected chi connectivity index (χ1v) is 5.93. The summed E-state index contributed by atoms with van der Waals surface area (Å²) in [7, 11) is 0. The Balaban J connectivity index is 2.07. The number of aryl methyl sites for hydroxylation is 1. The Morgan fingerprint density at radius 2 is 2.19 bits per heavy atom. The Bertz CT molecular complexity index is 300. The van der Waals surface area contributed by atoms with Crippen LogP contribution in [0.4, 0.5) is 5.82 Å². The molecule has 16 heavy (non-hydrogen) atoms. The molecule has 0 fully saturated rings. The molecule has 0 aliphatic heterocycles. The van der Waals surface area contributed by atoms with E-state index in [4.69, 9.17) is 4.74 Å². The third-order valence-electron chi connectivity index (χ3n) is 2.31. The van der Waals surface area contributed by atoms with E-state index in [1.807, 2.05) is 18.3 Å². The van der Waals surface area contributed by atoms with Gasteiger partial charge in [-0.1, -0.05) is 13.8 Å². The minimum absolute atomic E-state index is 0.714. The highest BCUT2D eigenvalue weighted by Gasteiger charge is 1.95. The van der Waals surface area contributed by atoms with Gasteiger partial charge in [0.25, 0.3) is 0 Å². The molecule has 0 unspecified atom stereocenters. The fourth-order valence-electron chi connectivity index (χ4n) is 1.31. The predicted molar refractivity (Wildman–Crippen MR) is 67.7 cm³/mol. The Labute approximate surface area is 98.2 Å². The van der Waals surface area contributed by atoms with Crippen molar-refractivity contribution in [3.05, 3.63) is 23.9 Å².